The highest BCUT2D eigenvalue weighted by atomic mass is 16.6. The van der Waals surface area contributed by atoms with E-state index in [0.717, 1.165) is 36.1 Å². The van der Waals surface area contributed by atoms with Gasteiger partial charge >= 0.3 is 18.2 Å². The van der Waals surface area contributed by atoms with Gasteiger partial charge in [-0.1, -0.05) is 50.1 Å². The Labute approximate surface area is 280 Å². The van der Waals surface area contributed by atoms with Crippen LogP contribution in [0.25, 0.3) is 5.65 Å². The predicted molar refractivity (Wildman–Crippen MR) is 174 cm³/mol. The molecule has 3 unspecified atom stereocenters. The van der Waals surface area contributed by atoms with Crippen molar-refractivity contribution in [2.45, 2.75) is 84.5 Å². The summed E-state index contributed by atoms with van der Waals surface area (Å²) in [5, 5.41) is 7.87. The number of carbonyl (C=O) groups is 4. The molecule has 3 aromatic rings. The van der Waals surface area contributed by atoms with Crippen LogP contribution >= 0.6 is 0 Å². The molecule has 48 heavy (non-hydrogen) atoms. The van der Waals surface area contributed by atoms with Gasteiger partial charge in [0.15, 0.2) is 11.1 Å². The summed E-state index contributed by atoms with van der Waals surface area (Å²) in [6, 6.07) is 12.7. The number of amides is 3. The molecule has 1 saturated heterocycles. The molecule has 1 aliphatic heterocycles. The van der Waals surface area contributed by atoms with Gasteiger partial charge in [0, 0.05) is 13.0 Å². The van der Waals surface area contributed by atoms with E-state index in [9.17, 15) is 19.2 Å². The van der Waals surface area contributed by atoms with Crippen molar-refractivity contribution in [3.63, 3.8) is 0 Å². The number of ether oxygens (including phenoxy) is 3. The first-order valence-corrected chi connectivity index (χ1v) is 16.8. The number of hydrogen-bond donors (Lipinski definition) is 1. The van der Waals surface area contributed by atoms with Crippen molar-refractivity contribution < 1.29 is 33.4 Å². The van der Waals surface area contributed by atoms with E-state index in [1.54, 1.807) is 43.6 Å². The predicted octanol–water partition coefficient (Wildman–Crippen LogP) is 5.64. The van der Waals surface area contributed by atoms with Gasteiger partial charge in [0.25, 0.3) is 0 Å². The first-order valence-electron chi connectivity index (χ1n) is 16.8. The van der Waals surface area contributed by atoms with Crippen LogP contribution in [0, 0.1) is 29.1 Å². The highest BCUT2D eigenvalue weighted by molar-refractivity contribution is 6.09. The molecule has 12 nitrogen and oxygen atoms in total. The molecule has 0 bridgehead atoms. The Morgan fingerprint density at radius 1 is 1.06 bits per heavy atom. The van der Waals surface area contributed by atoms with Crippen LogP contribution in [0.2, 0.25) is 0 Å². The van der Waals surface area contributed by atoms with Crippen molar-refractivity contribution in [2.24, 2.45) is 29.1 Å². The van der Waals surface area contributed by atoms with E-state index in [4.69, 9.17) is 24.3 Å². The lowest BCUT2D eigenvalue weighted by atomic mass is 9.74. The largest absolute Gasteiger partial charge is 0.468 e. The fourth-order valence-electron chi connectivity index (χ4n) is 7.36. The number of likely N-dealkylation sites (tertiary alicyclic amines) is 1. The summed E-state index contributed by atoms with van der Waals surface area (Å²) in [4.78, 5) is 59.5. The number of piperidine rings is 1. The number of esters is 1. The first kappa shape index (κ1) is 33.4. The van der Waals surface area contributed by atoms with Gasteiger partial charge in [0.05, 0.1) is 30.7 Å². The minimum Gasteiger partial charge on any atom is -0.468 e. The van der Waals surface area contributed by atoms with Crippen molar-refractivity contribution in [1.29, 1.82) is 0 Å². The van der Waals surface area contributed by atoms with E-state index in [0.29, 0.717) is 29.4 Å². The van der Waals surface area contributed by atoms with E-state index in [1.165, 1.54) is 7.11 Å². The minimum atomic E-state index is -1.61. The topological polar surface area (TPSA) is 141 Å². The number of nitrogens with zero attached hydrogens (tertiary/aromatic N) is 4. The molecule has 12 heteroatoms. The van der Waals surface area contributed by atoms with Crippen LogP contribution in [0.1, 0.15) is 82.8 Å². The van der Waals surface area contributed by atoms with Crippen LogP contribution in [0.5, 0.6) is 0 Å². The Kier molecular flexibility index (Phi) is 9.19. The second kappa shape index (κ2) is 13.2. The van der Waals surface area contributed by atoms with Crippen molar-refractivity contribution in [2.75, 3.05) is 13.7 Å². The summed E-state index contributed by atoms with van der Waals surface area (Å²) in [6.45, 7) is 7.80. The maximum Gasteiger partial charge on any atom is 0.417 e. The van der Waals surface area contributed by atoms with Crippen LogP contribution < -0.4 is 5.32 Å². The van der Waals surface area contributed by atoms with Crippen molar-refractivity contribution in [1.82, 2.24) is 24.8 Å². The Balaban J connectivity index is 1.26. The second-order valence-electron chi connectivity index (χ2n) is 14.6. The number of aromatic nitrogens is 3. The number of nitrogens with one attached hydrogen (secondary N) is 1. The average Bonchev–Trinajstić information content (AvgIpc) is 3.73. The van der Waals surface area contributed by atoms with Gasteiger partial charge in [-0.25, -0.2) is 24.0 Å². The maximum atomic E-state index is 14.0. The molecule has 3 aliphatic rings. The molecule has 256 valence electrons. The van der Waals surface area contributed by atoms with Gasteiger partial charge in [-0.3, -0.25) is 9.59 Å². The quantitative estimate of drug-likeness (QED) is 0.185. The van der Waals surface area contributed by atoms with E-state index in [1.807, 2.05) is 30.3 Å². The van der Waals surface area contributed by atoms with E-state index >= 15 is 0 Å². The number of hydrogen-bond acceptors (Lipinski definition) is 9. The molecule has 6 rings (SSSR count). The number of benzene rings is 1. The number of alkyl carbamates (subject to hydrolysis) is 1. The number of carbonyl (C=O) groups excluding carboxylic acids is 4. The fraction of sp³-hybridized carbons (Fsp3) is 0.556. The van der Waals surface area contributed by atoms with E-state index in [2.05, 4.69) is 12.2 Å². The van der Waals surface area contributed by atoms with Crippen LogP contribution in [0.15, 0.2) is 48.7 Å². The second-order valence-corrected chi connectivity index (χ2v) is 14.6. The fourth-order valence-corrected chi connectivity index (χ4v) is 7.36. The van der Waals surface area contributed by atoms with Gasteiger partial charge in [-0.2, -0.15) is 5.10 Å². The van der Waals surface area contributed by atoms with Crippen molar-refractivity contribution in [3.05, 3.63) is 65.6 Å². The van der Waals surface area contributed by atoms with Crippen molar-refractivity contribution >= 4 is 29.7 Å². The zero-order valence-electron chi connectivity index (χ0n) is 28.3. The highest BCUT2D eigenvalue weighted by Gasteiger charge is 2.68. The number of methoxy groups -OCH3 is 1. The number of imidazole rings is 1. The molecule has 3 fully saturated rings. The summed E-state index contributed by atoms with van der Waals surface area (Å²) < 4.78 is 17.9. The summed E-state index contributed by atoms with van der Waals surface area (Å²) in [5.41, 5.74) is 0.172. The third kappa shape index (κ3) is 6.88. The third-order valence-electron chi connectivity index (χ3n) is 9.95. The first-order chi connectivity index (χ1) is 22.9. The summed E-state index contributed by atoms with van der Waals surface area (Å²) in [7, 11) is 1.25. The van der Waals surface area contributed by atoms with Crippen LogP contribution in [-0.4, -0.2) is 62.8 Å². The lowest BCUT2D eigenvalue weighted by molar-refractivity contribution is -0.167. The summed E-state index contributed by atoms with van der Waals surface area (Å²) >= 11 is 0. The summed E-state index contributed by atoms with van der Waals surface area (Å²) in [5.74, 6) is -0.811. The van der Waals surface area contributed by atoms with Crippen LogP contribution in [0.3, 0.4) is 0 Å². The molecule has 3 amide bonds. The molecule has 4 atom stereocenters. The van der Waals surface area contributed by atoms with Crippen LogP contribution in [0.4, 0.5) is 9.59 Å². The normalized spacial score (nSPS) is 25.9. The van der Waals surface area contributed by atoms with Crippen LogP contribution in [-0.2, 0) is 36.8 Å². The van der Waals surface area contributed by atoms with Gasteiger partial charge in [0.1, 0.15) is 12.2 Å². The van der Waals surface area contributed by atoms with E-state index < -0.39 is 35.1 Å². The Morgan fingerprint density at radius 2 is 1.79 bits per heavy atom. The molecule has 0 radical (unpaired) electrons. The number of fused-ring (bicyclic) bond motifs is 2. The molecule has 2 aromatic heterocycles. The van der Waals surface area contributed by atoms with E-state index in [-0.39, 0.29) is 43.4 Å². The number of rotatable bonds is 8. The van der Waals surface area contributed by atoms with Gasteiger partial charge in [-0.05, 0) is 81.4 Å². The Bertz CT molecular complexity index is 1680. The molecule has 3 heterocycles. The monoisotopic (exact) mass is 659 g/mol. The summed E-state index contributed by atoms with van der Waals surface area (Å²) in [6.07, 6.45) is 5.08. The zero-order chi connectivity index (χ0) is 34.2. The van der Waals surface area contributed by atoms with Gasteiger partial charge < -0.3 is 19.5 Å². The smallest absolute Gasteiger partial charge is 0.417 e. The zero-order valence-corrected chi connectivity index (χ0v) is 28.3. The Morgan fingerprint density at radius 3 is 2.48 bits per heavy atom. The molecule has 1 aromatic carbocycles. The molecule has 0 spiro atoms. The average molecular weight is 660 g/mol. The SMILES string of the molecule is COC(=O)C1(Cc2ccc3nc([C@@H](NC(=O)OCc4ccccc4)C4CCC(C)CC4)cn3n2)C(=O)N(C(=O)OC(C)(C)C)CC2CC21. The van der Waals surface area contributed by atoms with Crippen molar-refractivity contribution in [3.8, 4) is 0 Å². The standard InChI is InChI=1S/C36H45N5O7/c1-22-11-13-24(14-12-22)30(38-33(44)47-21-23-9-7-6-8-10-23)28-20-41-29(37-28)16-15-26(39-41)18-36(32(43)46-5)27-17-25(27)19-40(31(36)42)34(45)48-35(2,3)4/h6-10,15-16,20,22,24-25,27,30H,11-14,17-19,21H2,1-5H3,(H,38,44)/t22?,24?,25?,27?,30-,36?/m0/s1. The molecular weight excluding hydrogens is 614 g/mol. The molecule has 1 N–H and O–H groups in total. The minimum absolute atomic E-state index is 0.0235. The Hall–Kier alpha value is -4.48. The van der Waals surface area contributed by atoms with Gasteiger partial charge in [0.2, 0.25) is 5.91 Å². The number of imide groups is 1. The maximum absolute atomic E-state index is 14.0. The molecule has 2 saturated carbocycles. The lowest BCUT2D eigenvalue weighted by Crippen LogP contribution is -2.58. The lowest BCUT2D eigenvalue weighted by Gasteiger charge is -2.38. The molecular formula is C36H45N5O7. The van der Waals surface area contributed by atoms with Gasteiger partial charge in [-0.15, -0.1) is 0 Å². The highest BCUT2D eigenvalue weighted by Crippen LogP contribution is 2.57. The molecule has 2 aliphatic carbocycles. The third-order valence-corrected chi connectivity index (χ3v) is 9.95.